The van der Waals surface area contributed by atoms with Crippen LogP contribution in [0.5, 0.6) is 0 Å². The van der Waals surface area contributed by atoms with Gasteiger partial charge in [-0.15, -0.1) is 0 Å². The molecule has 0 saturated heterocycles. The Kier molecular flexibility index (Phi) is 3.93. The van der Waals surface area contributed by atoms with Gasteiger partial charge in [0.25, 0.3) is 0 Å². The van der Waals surface area contributed by atoms with Crippen molar-refractivity contribution >= 4 is 11.7 Å². The molecule has 0 atom stereocenters. The van der Waals surface area contributed by atoms with Crippen LogP contribution in [0, 0.1) is 0 Å². The molecule has 0 saturated carbocycles. The van der Waals surface area contributed by atoms with E-state index in [0.717, 1.165) is 5.56 Å². The smallest absolute Gasteiger partial charge is 0.340 e. The SMILES string of the molecule is C=C(N)c1cncc(C(=O)OCc2ccccc2)c1. The van der Waals surface area contributed by atoms with Gasteiger partial charge in [0.2, 0.25) is 0 Å². The van der Waals surface area contributed by atoms with Crippen LogP contribution in [0.25, 0.3) is 5.70 Å². The van der Waals surface area contributed by atoms with Crippen LogP contribution in [-0.4, -0.2) is 11.0 Å². The van der Waals surface area contributed by atoms with E-state index in [1.165, 1.54) is 6.20 Å². The maximum absolute atomic E-state index is 11.9. The van der Waals surface area contributed by atoms with Crippen molar-refractivity contribution in [3.8, 4) is 0 Å². The van der Waals surface area contributed by atoms with Gasteiger partial charge in [-0.2, -0.15) is 0 Å². The van der Waals surface area contributed by atoms with Crippen molar-refractivity contribution in [1.29, 1.82) is 0 Å². The molecule has 0 aliphatic carbocycles. The number of carbonyl (C=O) groups is 1. The van der Waals surface area contributed by atoms with Crippen LogP contribution in [0.4, 0.5) is 0 Å². The maximum Gasteiger partial charge on any atom is 0.340 e. The molecule has 2 aromatic rings. The molecule has 0 aliphatic heterocycles. The maximum atomic E-state index is 11.9. The first-order chi connectivity index (χ1) is 9.16. The molecule has 0 spiro atoms. The van der Waals surface area contributed by atoms with Crippen molar-refractivity contribution in [2.45, 2.75) is 6.61 Å². The van der Waals surface area contributed by atoms with E-state index in [2.05, 4.69) is 11.6 Å². The summed E-state index contributed by atoms with van der Waals surface area (Å²) in [4.78, 5) is 15.8. The Morgan fingerprint density at radius 3 is 2.58 bits per heavy atom. The lowest BCUT2D eigenvalue weighted by Crippen LogP contribution is -2.07. The minimum Gasteiger partial charge on any atom is -0.457 e. The van der Waals surface area contributed by atoms with Crippen LogP contribution in [-0.2, 0) is 11.3 Å². The van der Waals surface area contributed by atoms with Crippen molar-refractivity contribution in [2.75, 3.05) is 0 Å². The van der Waals surface area contributed by atoms with E-state index < -0.39 is 5.97 Å². The fourth-order valence-corrected chi connectivity index (χ4v) is 1.53. The van der Waals surface area contributed by atoms with Crippen LogP contribution >= 0.6 is 0 Å². The van der Waals surface area contributed by atoms with Gasteiger partial charge >= 0.3 is 5.97 Å². The molecule has 0 amide bonds. The number of hydrogen-bond acceptors (Lipinski definition) is 4. The Bertz CT molecular complexity index is 594. The number of esters is 1. The van der Waals surface area contributed by atoms with Gasteiger partial charge in [-0.25, -0.2) is 4.79 Å². The number of hydrogen-bond donors (Lipinski definition) is 1. The third-order valence-corrected chi connectivity index (χ3v) is 2.56. The molecule has 4 heteroatoms. The molecule has 2 rings (SSSR count). The van der Waals surface area contributed by atoms with E-state index in [4.69, 9.17) is 10.5 Å². The fourth-order valence-electron chi connectivity index (χ4n) is 1.53. The molecule has 0 radical (unpaired) electrons. The molecule has 1 aromatic carbocycles. The van der Waals surface area contributed by atoms with Crippen molar-refractivity contribution in [2.24, 2.45) is 5.73 Å². The third kappa shape index (κ3) is 3.42. The highest BCUT2D eigenvalue weighted by Gasteiger charge is 2.09. The zero-order valence-corrected chi connectivity index (χ0v) is 10.4. The second-order valence-electron chi connectivity index (χ2n) is 4.05. The molecule has 0 unspecified atom stereocenters. The quantitative estimate of drug-likeness (QED) is 0.851. The summed E-state index contributed by atoms with van der Waals surface area (Å²) in [5.74, 6) is -0.431. The molecule has 19 heavy (non-hydrogen) atoms. The molecular formula is C15H14N2O2. The van der Waals surface area contributed by atoms with Crippen LogP contribution in [0.15, 0.2) is 55.4 Å². The first-order valence-electron chi connectivity index (χ1n) is 5.77. The van der Waals surface area contributed by atoms with Gasteiger partial charge in [0.05, 0.1) is 5.56 Å². The predicted molar refractivity (Wildman–Crippen MR) is 73.0 cm³/mol. The number of pyridine rings is 1. The third-order valence-electron chi connectivity index (χ3n) is 2.56. The van der Waals surface area contributed by atoms with Crippen molar-refractivity contribution in [1.82, 2.24) is 4.98 Å². The van der Waals surface area contributed by atoms with Crippen LogP contribution in [0.1, 0.15) is 21.5 Å². The molecule has 1 aromatic heterocycles. The number of carbonyl (C=O) groups excluding carboxylic acids is 1. The largest absolute Gasteiger partial charge is 0.457 e. The lowest BCUT2D eigenvalue weighted by Gasteiger charge is -2.06. The number of benzene rings is 1. The second kappa shape index (κ2) is 5.82. The van der Waals surface area contributed by atoms with E-state index >= 15 is 0 Å². The highest BCUT2D eigenvalue weighted by molar-refractivity contribution is 5.89. The zero-order valence-electron chi connectivity index (χ0n) is 10.4. The fraction of sp³-hybridized carbons (Fsp3) is 0.0667. The first-order valence-corrected chi connectivity index (χ1v) is 5.77. The standard InChI is InChI=1S/C15H14N2O2/c1-11(16)13-7-14(9-17-8-13)15(18)19-10-12-5-3-2-4-6-12/h2-9H,1,10,16H2. The summed E-state index contributed by atoms with van der Waals surface area (Å²) in [6.45, 7) is 3.83. The molecule has 4 nitrogen and oxygen atoms in total. The highest BCUT2D eigenvalue weighted by atomic mass is 16.5. The molecule has 2 N–H and O–H groups in total. The van der Waals surface area contributed by atoms with Crippen LogP contribution in [0.3, 0.4) is 0 Å². The van der Waals surface area contributed by atoms with Gasteiger partial charge in [-0.1, -0.05) is 36.9 Å². The summed E-state index contributed by atoms with van der Waals surface area (Å²) >= 11 is 0. The minimum absolute atomic E-state index is 0.230. The average Bonchev–Trinajstić information content (AvgIpc) is 2.46. The molecule has 1 heterocycles. The van der Waals surface area contributed by atoms with Gasteiger partial charge in [0.1, 0.15) is 6.61 Å². The van der Waals surface area contributed by atoms with E-state index in [9.17, 15) is 4.79 Å². The van der Waals surface area contributed by atoms with Gasteiger partial charge in [-0.05, 0) is 11.6 Å². The number of nitrogens with zero attached hydrogens (tertiary/aromatic N) is 1. The van der Waals surface area contributed by atoms with E-state index in [1.54, 1.807) is 12.3 Å². The number of aromatic nitrogens is 1. The van der Waals surface area contributed by atoms with Crippen LogP contribution < -0.4 is 5.73 Å². The summed E-state index contributed by atoms with van der Waals surface area (Å²) in [6.07, 6.45) is 3.00. The Morgan fingerprint density at radius 2 is 1.89 bits per heavy atom. The zero-order chi connectivity index (χ0) is 13.7. The summed E-state index contributed by atoms with van der Waals surface area (Å²) < 4.78 is 5.20. The molecular weight excluding hydrogens is 240 g/mol. The van der Waals surface area contributed by atoms with Crippen molar-refractivity contribution in [3.05, 3.63) is 72.1 Å². The lowest BCUT2D eigenvalue weighted by molar-refractivity contribution is 0.0472. The van der Waals surface area contributed by atoms with Crippen molar-refractivity contribution < 1.29 is 9.53 Å². The van der Waals surface area contributed by atoms with Gasteiger partial charge in [0, 0.05) is 23.7 Å². The molecule has 0 fully saturated rings. The van der Waals surface area contributed by atoms with E-state index in [1.807, 2.05) is 30.3 Å². The number of rotatable bonds is 4. The van der Waals surface area contributed by atoms with E-state index in [0.29, 0.717) is 16.8 Å². The van der Waals surface area contributed by atoms with Crippen molar-refractivity contribution in [3.63, 3.8) is 0 Å². The number of nitrogens with two attached hydrogens (primary N) is 1. The number of ether oxygens (including phenoxy) is 1. The van der Waals surface area contributed by atoms with Crippen LogP contribution in [0.2, 0.25) is 0 Å². The van der Waals surface area contributed by atoms with E-state index in [-0.39, 0.29) is 6.61 Å². The molecule has 96 valence electrons. The summed E-state index contributed by atoms with van der Waals surface area (Å²) in [5, 5.41) is 0. The van der Waals surface area contributed by atoms with Gasteiger partial charge in [0.15, 0.2) is 0 Å². The second-order valence-corrected chi connectivity index (χ2v) is 4.05. The monoisotopic (exact) mass is 254 g/mol. The minimum atomic E-state index is -0.431. The Hall–Kier alpha value is -2.62. The Balaban J connectivity index is 2.04. The lowest BCUT2D eigenvalue weighted by atomic mass is 10.2. The van der Waals surface area contributed by atoms with Gasteiger partial charge in [-0.3, -0.25) is 4.98 Å². The molecule has 0 bridgehead atoms. The summed E-state index contributed by atoms with van der Waals surface area (Å²) in [7, 11) is 0. The normalized spacial score (nSPS) is 9.89. The summed E-state index contributed by atoms with van der Waals surface area (Å²) in [6, 6.07) is 11.1. The highest BCUT2D eigenvalue weighted by Crippen LogP contribution is 2.10. The summed E-state index contributed by atoms with van der Waals surface area (Å²) in [5.41, 5.74) is 7.84. The Morgan fingerprint density at radius 1 is 1.21 bits per heavy atom. The molecule has 0 aliphatic rings. The van der Waals surface area contributed by atoms with Gasteiger partial charge < -0.3 is 10.5 Å². The topological polar surface area (TPSA) is 65.2 Å². The first kappa shape index (κ1) is 12.8. The Labute approximate surface area is 111 Å². The predicted octanol–water partition coefficient (Wildman–Crippen LogP) is 2.37. The average molecular weight is 254 g/mol.